The van der Waals surface area contributed by atoms with Crippen molar-refractivity contribution in [2.75, 3.05) is 12.3 Å². The van der Waals surface area contributed by atoms with Crippen LogP contribution in [0.3, 0.4) is 0 Å². The van der Waals surface area contributed by atoms with Crippen molar-refractivity contribution in [1.82, 2.24) is 19.3 Å². The van der Waals surface area contributed by atoms with Crippen LogP contribution >= 0.6 is 0 Å². The van der Waals surface area contributed by atoms with E-state index in [-0.39, 0.29) is 4.90 Å². The zero-order chi connectivity index (χ0) is 21.8. The van der Waals surface area contributed by atoms with Crippen LogP contribution in [0.15, 0.2) is 59.5 Å². The molecule has 0 saturated carbocycles. The Morgan fingerprint density at radius 3 is 2.52 bits per heavy atom. The molecule has 0 atom stereocenters. The predicted molar refractivity (Wildman–Crippen MR) is 124 cm³/mol. The fourth-order valence-corrected chi connectivity index (χ4v) is 4.94. The number of fused-ring (bicyclic) bond motifs is 3. The second kappa shape index (κ2) is 9.03. The van der Waals surface area contributed by atoms with Gasteiger partial charge in [0.25, 0.3) is 0 Å². The largest absolute Gasteiger partial charge is 0.382 e. The molecule has 4 rings (SSSR count). The van der Waals surface area contributed by atoms with Crippen molar-refractivity contribution in [1.29, 1.82) is 0 Å². The van der Waals surface area contributed by atoms with Crippen molar-refractivity contribution < 1.29 is 8.42 Å². The lowest BCUT2D eigenvalue weighted by Crippen LogP contribution is -2.25. The van der Waals surface area contributed by atoms with Crippen LogP contribution in [-0.4, -0.2) is 29.5 Å². The molecule has 31 heavy (non-hydrogen) atoms. The lowest BCUT2D eigenvalue weighted by atomic mass is 10.2. The Balaban J connectivity index is 1.52. The number of nitrogens with one attached hydrogen (secondary N) is 1. The number of benzene rings is 2. The second-order valence-electron chi connectivity index (χ2n) is 7.56. The molecular weight excluding hydrogens is 410 g/mol. The first-order valence-corrected chi connectivity index (χ1v) is 12.1. The van der Waals surface area contributed by atoms with Crippen molar-refractivity contribution in [3.8, 4) is 0 Å². The summed E-state index contributed by atoms with van der Waals surface area (Å²) in [6, 6.07) is 16.4. The Labute approximate surface area is 182 Å². The predicted octanol–water partition coefficient (Wildman–Crippen LogP) is 3.88. The number of unbranched alkanes of at least 4 members (excludes halogenated alkanes) is 1. The molecule has 3 N–H and O–H groups in total. The van der Waals surface area contributed by atoms with E-state index in [9.17, 15) is 8.42 Å². The van der Waals surface area contributed by atoms with E-state index < -0.39 is 10.0 Å². The van der Waals surface area contributed by atoms with Crippen LogP contribution in [0.25, 0.3) is 21.9 Å². The maximum atomic E-state index is 12.4. The van der Waals surface area contributed by atoms with Gasteiger partial charge in [-0.3, -0.25) is 0 Å². The Morgan fingerprint density at radius 1 is 1.00 bits per heavy atom. The fourth-order valence-electron chi connectivity index (χ4n) is 3.84. The van der Waals surface area contributed by atoms with Gasteiger partial charge in [0.15, 0.2) is 5.82 Å². The maximum Gasteiger partial charge on any atom is 0.240 e. The summed E-state index contributed by atoms with van der Waals surface area (Å²) in [4.78, 5) is 9.59. The number of nitrogen functional groups attached to an aromatic ring is 1. The van der Waals surface area contributed by atoms with Gasteiger partial charge in [0, 0.05) is 24.9 Å². The van der Waals surface area contributed by atoms with Crippen LogP contribution in [-0.2, 0) is 23.0 Å². The van der Waals surface area contributed by atoms with Gasteiger partial charge < -0.3 is 10.3 Å². The van der Waals surface area contributed by atoms with Crippen LogP contribution in [0, 0.1) is 0 Å². The molecule has 0 radical (unpaired) electrons. The molecular formula is C23H27N5O2S. The number of rotatable bonds is 9. The molecule has 0 bridgehead atoms. The molecule has 0 aliphatic rings. The minimum absolute atomic E-state index is 0.287. The molecule has 0 spiro atoms. The molecule has 7 nitrogen and oxygen atoms in total. The van der Waals surface area contributed by atoms with Gasteiger partial charge in [-0.25, -0.2) is 23.1 Å². The number of nitrogens with zero attached hydrogens (tertiary/aromatic N) is 3. The number of aryl methyl sites for hydroxylation is 2. The summed E-state index contributed by atoms with van der Waals surface area (Å²) in [5, 5.41) is 1.03. The van der Waals surface area contributed by atoms with Gasteiger partial charge >= 0.3 is 0 Å². The van der Waals surface area contributed by atoms with Gasteiger partial charge in [-0.2, -0.15) is 0 Å². The van der Waals surface area contributed by atoms with E-state index in [1.54, 1.807) is 30.3 Å². The molecule has 2 aromatic carbocycles. The van der Waals surface area contributed by atoms with Crippen LogP contribution in [0.4, 0.5) is 5.82 Å². The molecule has 0 unspecified atom stereocenters. The summed E-state index contributed by atoms with van der Waals surface area (Å²) in [5.74, 6) is 1.44. The van der Waals surface area contributed by atoms with Crippen LogP contribution in [0.1, 0.15) is 32.0 Å². The summed E-state index contributed by atoms with van der Waals surface area (Å²) in [7, 11) is -3.47. The zero-order valence-electron chi connectivity index (χ0n) is 17.6. The van der Waals surface area contributed by atoms with Crippen LogP contribution in [0.2, 0.25) is 0 Å². The van der Waals surface area contributed by atoms with Crippen LogP contribution in [0.5, 0.6) is 0 Å². The van der Waals surface area contributed by atoms with E-state index in [0.29, 0.717) is 12.4 Å². The van der Waals surface area contributed by atoms with E-state index in [4.69, 9.17) is 10.7 Å². The number of imidazole rings is 1. The maximum absolute atomic E-state index is 12.4. The molecule has 2 heterocycles. The molecule has 8 heteroatoms. The third-order valence-electron chi connectivity index (χ3n) is 5.32. The van der Waals surface area contributed by atoms with Crippen LogP contribution < -0.4 is 10.5 Å². The van der Waals surface area contributed by atoms with E-state index in [2.05, 4.69) is 21.2 Å². The highest BCUT2D eigenvalue weighted by atomic mass is 32.2. The van der Waals surface area contributed by atoms with E-state index in [0.717, 1.165) is 60.0 Å². The number of pyridine rings is 1. The topological polar surface area (TPSA) is 103 Å². The zero-order valence-corrected chi connectivity index (χ0v) is 18.4. The lowest BCUT2D eigenvalue weighted by Gasteiger charge is -2.11. The fraction of sp³-hybridized carbons (Fsp3) is 0.304. The van der Waals surface area contributed by atoms with E-state index in [1.165, 1.54) is 0 Å². The average Bonchev–Trinajstić information content (AvgIpc) is 3.13. The highest BCUT2D eigenvalue weighted by molar-refractivity contribution is 7.89. The lowest BCUT2D eigenvalue weighted by molar-refractivity contribution is 0.563. The molecule has 162 valence electrons. The second-order valence-corrected chi connectivity index (χ2v) is 9.33. The van der Waals surface area contributed by atoms with Crippen molar-refractivity contribution in [2.45, 2.75) is 44.0 Å². The van der Waals surface area contributed by atoms with Gasteiger partial charge in [-0.05, 0) is 37.5 Å². The number of para-hydroxylation sites is 1. The van der Waals surface area contributed by atoms with Crippen molar-refractivity contribution >= 4 is 37.8 Å². The normalized spacial score (nSPS) is 12.0. The number of nitrogens with two attached hydrogens (primary N) is 1. The monoisotopic (exact) mass is 437 g/mol. The average molecular weight is 438 g/mol. The van der Waals surface area contributed by atoms with Crippen molar-refractivity contribution in [3.05, 3.63) is 60.4 Å². The smallest absolute Gasteiger partial charge is 0.240 e. The Bertz CT molecular complexity index is 1300. The van der Waals surface area contributed by atoms with Gasteiger partial charge in [-0.15, -0.1) is 0 Å². The molecule has 0 fully saturated rings. The van der Waals surface area contributed by atoms with E-state index in [1.807, 2.05) is 24.3 Å². The SMILES string of the molecule is CCCc1nc2c(N)nc3ccccc3c2n1CCCCNS(=O)(=O)c1ccccc1. The number of sulfonamides is 1. The Kier molecular flexibility index (Phi) is 6.20. The minimum Gasteiger partial charge on any atom is -0.382 e. The molecule has 0 aliphatic carbocycles. The molecule has 4 aromatic rings. The van der Waals surface area contributed by atoms with Gasteiger partial charge in [0.05, 0.1) is 15.9 Å². The molecule has 0 amide bonds. The first-order chi connectivity index (χ1) is 15.0. The number of hydrogen-bond acceptors (Lipinski definition) is 5. The highest BCUT2D eigenvalue weighted by Crippen LogP contribution is 2.29. The number of aromatic nitrogens is 3. The molecule has 0 aliphatic heterocycles. The van der Waals surface area contributed by atoms with Gasteiger partial charge in [0.2, 0.25) is 10.0 Å². The first kappa shape index (κ1) is 21.3. The summed E-state index contributed by atoms with van der Waals surface area (Å²) in [6.07, 6.45) is 3.36. The Morgan fingerprint density at radius 2 is 1.74 bits per heavy atom. The van der Waals surface area contributed by atoms with Crippen molar-refractivity contribution in [2.24, 2.45) is 0 Å². The minimum atomic E-state index is -3.47. The Hall–Kier alpha value is -2.97. The quantitative estimate of drug-likeness (QED) is 0.387. The third-order valence-corrected chi connectivity index (χ3v) is 6.79. The summed E-state index contributed by atoms with van der Waals surface area (Å²) in [6.45, 7) is 3.26. The summed E-state index contributed by atoms with van der Waals surface area (Å²) < 4.78 is 29.7. The number of hydrogen-bond donors (Lipinski definition) is 2. The molecule has 2 aromatic heterocycles. The van der Waals surface area contributed by atoms with Gasteiger partial charge in [0.1, 0.15) is 11.3 Å². The summed E-state index contributed by atoms with van der Waals surface area (Å²) >= 11 is 0. The summed E-state index contributed by atoms with van der Waals surface area (Å²) in [5.41, 5.74) is 8.82. The first-order valence-electron chi connectivity index (χ1n) is 10.6. The highest BCUT2D eigenvalue weighted by Gasteiger charge is 2.17. The van der Waals surface area contributed by atoms with Crippen molar-refractivity contribution in [3.63, 3.8) is 0 Å². The standard InChI is InChI=1S/C23H27N5O2S/c1-2-10-20-27-21-22(18-13-6-7-14-19(18)26-23(21)24)28(20)16-9-8-15-25-31(29,30)17-11-4-3-5-12-17/h3-7,11-14,25H,2,8-10,15-16H2,1H3,(H2,24,26). The van der Waals surface area contributed by atoms with E-state index >= 15 is 0 Å². The number of anilines is 1. The van der Waals surface area contributed by atoms with Gasteiger partial charge in [-0.1, -0.05) is 43.3 Å². The third kappa shape index (κ3) is 4.40. The molecule has 0 saturated heterocycles.